The largest absolute Gasteiger partial charge is 0.379 e. The van der Waals surface area contributed by atoms with Gasteiger partial charge in [0, 0.05) is 0 Å². The van der Waals surface area contributed by atoms with Gasteiger partial charge in [-0.3, -0.25) is 0 Å². The Bertz CT molecular complexity index is 443. The zero-order valence-electron chi connectivity index (χ0n) is 9.46. The van der Waals surface area contributed by atoms with E-state index in [1.165, 1.54) is 12.1 Å². The highest BCUT2D eigenvalue weighted by Gasteiger charge is 2.52. The lowest BCUT2D eigenvalue weighted by atomic mass is 9.61. The first-order valence-electron chi connectivity index (χ1n) is 5.27. The number of rotatable bonds is 2. The quantitative estimate of drug-likeness (QED) is 0.766. The van der Waals surface area contributed by atoms with Crippen molar-refractivity contribution < 1.29 is 9.13 Å². The topological polar surface area (TPSA) is 33.0 Å². The number of hydrogen-bond acceptors (Lipinski definition) is 2. The fourth-order valence-corrected chi connectivity index (χ4v) is 2.09. The molecule has 1 aliphatic heterocycles. The Kier molecular flexibility index (Phi) is 2.47. The van der Waals surface area contributed by atoms with Crippen molar-refractivity contribution in [2.45, 2.75) is 19.3 Å². The van der Waals surface area contributed by atoms with Gasteiger partial charge in [0.1, 0.15) is 5.82 Å². The van der Waals surface area contributed by atoms with Crippen molar-refractivity contribution in [1.82, 2.24) is 0 Å². The Hall–Kier alpha value is -1.40. The van der Waals surface area contributed by atoms with Gasteiger partial charge in [-0.15, -0.1) is 0 Å². The van der Waals surface area contributed by atoms with Crippen LogP contribution in [0.2, 0.25) is 0 Å². The smallest absolute Gasteiger partial charge is 0.123 e. The Balaban J connectivity index is 2.48. The molecule has 0 aliphatic carbocycles. The highest BCUT2D eigenvalue weighted by Crippen LogP contribution is 2.46. The maximum Gasteiger partial charge on any atom is 0.123 e. The molecule has 1 aromatic carbocycles. The number of nitriles is 1. The summed E-state index contributed by atoms with van der Waals surface area (Å²) in [5.41, 5.74) is -0.0756. The third-order valence-electron chi connectivity index (χ3n) is 3.55. The number of hydrogen-bond donors (Lipinski definition) is 0. The van der Waals surface area contributed by atoms with Gasteiger partial charge in [-0.1, -0.05) is 12.1 Å². The first-order valence-corrected chi connectivity index (χ1v) is 5.27. The van der Waals surface area contributed by atoms with Gasteiger partial charge in [0.05, 0.1) is 30.1 Å². The second-order valence-electron chi connectivity index (χ2n) is 4.82. The lowest BCUT2D eigenvalue weighted by molar-refractivity contribution is -0.103. The van der Waals surface area contributed by atoms with Gasteiger partial charge in [0.15, 0.2) is 0 Å². The molecule has 0 aromatic heterocycles. The minimum Gasteiger partial charge on any atom is -0.379 e. The third-order valence-corrected chi connectivity index (χ3v) is 3.55. The van der Waals surface area contributed by atoms with Crippen LogP contribution in [0.4, 0.5) is 4.39 Å². The van der Waals surface area contributed by atoms with Crippen molar-refractivity contribution in [2.24, 2.45) is 5.41 Å². The molecule has 0 N–H and O–H groups in total. The predicted molar refractivity (Wildman–Crippen MR) is 58.3 cm³/mol. The molecule has 0 spiro atoms. The second-order valence-corrected chi connectivity index (χ2v) is 4.82. The van der Waals surface area contributed by atoms with Crippen molar-refractivity contribution >= 4 is 0 Å². The van der Waals surface area contributed by atoms with Crippen molar-refractivity contribution in [2.75, 3.05) is 13.2 Å². The standard InChI is InChI=1S/C13H14FNO/c1-12(2,7-15)13(8-16-9-13)10-4-3-5-11(14)6-10/h3-6H,8-9H2,1-2H3. The summed E-state index contributed by atoms with van der Waals surface area (Å²) in [4.78, 5) is 0. The molecule has 0 bridgehead atoms. The number of benzene rings is 1. The fourth-order valence-electron chi connectivity index (χ4n) is 2.09. The maximum absolute atomic E-state index is 13.2. The molecule has 0 saturated carbocycles. The molecule has 1 aliphatic rings. The molecule has 1 aromatic rings. The van der Waals surface area contributed by atoms with E-state index in [0.29, 0.717) is 13.2 Å². The average Bonchev–Trinajstić information content (AvgIpc) is 2.15. The first-order chi connectivity index (χ1) is 7.52. The van der Waals surface area contributed by atoms with Gasteiger partial charge >= 0.3 is 0 Å². The monoisotopic (exact) mass is 219 g/mol. The molecule has 0 unspecified atom stereocenters. The third kappa shape index (κ3) is 1.42. The minimum absolute atomic E-state index is 0.266. The maximum atomic E-state index is 13.2. The van der Waals surface area contributed by atoms with Crippen molar-refractivity contribution in [3.63, 3.8) is 0 Å². The van der Waals surface area contributed by atoms with E-state index in [4.69, 9.17) is 4.74 Å². The summed E-state index contributed by atoms with van der Waals surface area (Å²) < 4.78 is 18.5. The van der Waals surface area contributed by atoms with Crippen LogP contribution in [0.25, 0.3) is 0 Å². The SMILES string of the molecule is CC(C)(C#N)C1(c2cccc(F)c2)COC1. The van der Waals surface area contributed by atoms with Crippen LogP contribution >= 0.6 is 0 Å². The highest BCUT2D eigenvalue weighted by atomic mass is 19.1. The van der Waals surface area contributed by atoms with Gasteiger partial charge < -0.3 is 4.74 Å². The molecule has 1 fully saturated rings. The number of nitrogens with zero attached hydrogens (tertiary/aromatic N) is 1. The van der Waals surface area contributed by atoms with Crippen molar-refractivity contribution in [3.8, 4) is 6.07 Å². The summed E-state index contributed by atoms with van der Waals surface area (Å²) in [5.74, 6) is -0.266. The Morgan fingerprint density at radius 2 is 2.12 bits per heavy atom. The normalized spacial score (nSPS) is 18.6. The molecule has 16 heavy (non-hydrogen) atoms. The van der Waals surface area contributed by atoms with Gasteiger partial charge in [0.2, 0.25) is 0 Å². The zero-order valence-corrected chi connectivity index (χ0v) is 9.46. The van der Waals surface area contributed by atoms with Gasteiger partial charge in [0.25, 0.3) is 0 Å². The van der Waals surface area contributed by atoms with E-state index in [0.717, 1.165) is 5.56 Å². The molecule has 0 atom stereocenters. The Labute approximate surface area is 94.7 Å². The lowest BCUT2D eigenvalue weighted by Crippen LogP contribution is -2.56. The molecule has 1 heterocycles. The predicted octanol–water partition coefficient (Wildman–Crippen LogP) is 2.64. The molecule has 1 saturated heterocycles. The molecular formula is C13H14FNO. The van der Waals surface area contributed by atoms with Gasteiger partial charge in [-0.2, -0.15) is 5.26 Å². The second kappa shape index (κ2) is 3.57. The highest BCUT2D eigenvalue weighted by molar-refractivity contribution is 5.34. The lowest BCUT2D eigenvalue weighted by Gasteiger charge is -2.49. The molecule has 0 amide bonds. The van der Waals surface area contributed by atoms with Crippen LogP contribution in [0.15, 0.2) is 24.3 Å². The van der Waals surface area contributed by atoms with Crippen LogP contribution in [0.1, 0.15) is 19.4 Å². The summed E-state index contributed by atoms with van der Waals surface area (Å²) >= 11 is 0. The molecule has 84 valence electrons. The fraction of sp³-hybridized carbons (Fsp3) is 0.462. The van der Waals surface area contributed by atoms with Crippen molar-refractivity contribution in [3.05, 3.63) is 35.6 Å². The van der Waals surface area contributed by atoms with E-state index < -0.39 is 5.41 Å². The van der Waals surface area contributed by atoms with E-state index in [9.17, 15) is 9.65 Å². The minimum atomic E-state index is -0.557. The molecule has 0 radical (unpaired) electrons. The number of ether oxygens (including phenoxy) is 1. The summed E-state index contributed by atoms with van der Waals surface area (Å²) in [5, 5.41) is 9.23. The van der Waals surface area contributed by atoms with Crippen LogP contribution in [0, 0.1) is 22.6 Å². The van der Waals surface area contributed by atoms with Crippen molar-refractivity contribution in [1.29, 1.82) is 5.26 Å². The van der Waals surface area contributed by atoms with Crippen LogP contribution in [-0.4, -0.2) is 13.2 Å². The Morgan fingerprint density at radius 3 is 2.56 bits per heavy atom. The summed E-state index contributed by atoms with van der Waals surface area (Å²) in [6, 6.07) is 8.76. The zero-order chi connectivity index (χ0) is 11.8. The first kappa shape index (κ1) is 11.1. The summed E-state index contributed by atoms with van der Waals surface area (Å²) in [7, 11) is 0. The Morgan fingerprint density at radius 1 is 1.44 bits per heavy atom. The van der Waals surface area contributed by atoms with Gasteiger partial charge in [-0.25, -0.2) is 4.39 Å². The van der Waals surface area contributed by atoms with E-state index in [-0.39, 0.29) is 11.2 Å². The summed E-state index contributed by atoms with van der Waals surface area (Å²) in [6.45, 7) is 4.72. The molecule has 3 heteroatoms. The van der Waals surface area contributed by atoms with Crippen LogP contribution < -0.4 is 0 Å². The van der Waals surface area contributed by atoms with E-state index >= 15 is 0 Å². The number of halogens is 1. The average molecular weight is 219 g/mol. The van der Waals surface area contributed by atoms with Crippen LogP contribution in [0.3, 0.4) is 0 Å². The van der Waals surface area contributed by atoms with E-state index in [1.807, 2.05) is 19.9 Å². The van der Waals surface area contributed by atoms with E-state index in [2.05, 4.69) is 6.07 Å². The molecular weight excluding hydrogens is 205 g/mol. The molecule has 2 rings (SSSR count). The van der Waals surface area contributed by atoms with Crippen LogP contribution in [-0.2, 0) is 10.2 Å². The summed E-state index contributed by atoms with van der Waals surface area (Å²) in [6.07, 6.45) is 0. The van der Waals surface area contributed by atoms with Gasteiger partial charge in [-0.05, 0) is 31.5 Å². The molecule has 2 nitrogen and oxygen atoms in total. The van der Waals surface area contributed by atoms with Crippen LogP contribution in [0.5, 0.6) is 0 Å². The van der Waals surface area contributed by atoms with E-state index in [1.54, 1.807) is 6.07 Å².